The number of aliphatic hydroxyl groups is 1. The lowest BCUT2D eigenvalue weighted by Gasteiger charge is -2.39. The molecule has 118 valence electrons. The molecule has 0 aromatic heterocycles. The molecule has 0 radical (unpaired) electrons. The normalized spacial score (nSPS) is 19.4. The molecule has 0 aliphatic carbocycles. The molecule has 0 atom stereocenters. The quantitative estimate of drug-likeness (QED) is 0.890. The lowest BCUT2D eigenvalue weighted by atomic mass is 9.83. The van der Waals surface area contributed by atoms with E-state index in [0.29, 0.717) is 11.8 Å². The number of rotatable bonds is 5. The second-order valence-electron chi connectivity index (χ2n) is 7.52. The zero-order valence-corrected chi connectivity index (χ0v) is 14.1. The Labute approximate surface area is 130 Å². The summed E-state index contributed by atoms with van der Waals surface area (Å²) in [5.74, 6) is 1.35. The molecule has 0 bridgehead atoms. The van der Waals surface area contributed by atoms with E-state index in [4.69, 9.17) is 0 Å². The Hall–Kier alpha value is -0.860. The summed E-state index contributed by atoms with van der Waals surface area (Å²) in [6, 6.07) is 8.60. The van der Waals surface area contributed by atoms with Crippen molar-refractivity contribution >= 4 is 0 Å². The third-order valence-corrected chi connectivity index (χ3v) is 4.41. The van der Waals surface area contributed by atoms with Gasteiger partial charge in [-0.05, 0) is 42.2 Å². The summed E-state index contributed by atoms with van der Waals surface area (Å²) in [7, 11) is 0. The molecule has 1 aromatic carbocycles. The zero-order valence-electron chi connectivity index (χ0n) is 14.1. The monoisotopic (exact) mass is 289 g/mol. The Morgan fingerprint density at radius 1 is 1.10 bits per heavy atom. The minimum atomic E-state index is -0.625. The van der Waals surface area contributed by atoms with Crippen LogP contribution in [-0.2, 0) is 12.0 Å². The first-order chi connectivity index (χ1) is 9.89. The minimum absolute atomic E-state index is 0.625. The lowest BCUT2D eigenvalue weighted by molar-refractivity contribution is -0.0280. The van der Waals surface area contributed by atoms with E-state index in [2.05, 4.69) is 56.9 Å². The van der Waals surface area contributed by atoms with Crippen molar-refractivity contribution in [2.24, 2.45) is 11.8 Å². The van der Waals surface area contributed by atoms with Crippen molar-refractivity contribution in [2.45, 2.75) is 52.6 Å². The van der Waals surface area contributed by atoms with Gasteiger partial charge in [0.15, 0.2) is 0 Å². The van der Waals surface area contributed by atoms with Crippen LogP contribution in [0.4, 0.5) is 0 Å². The van der Waals surface area contributed by atoms with Crippen molar-refractivity contribution < 1.29 is 5.11 Å². The molecule has 21 heavy (non-hydrogen) atoms. The summed E-state index contributed by atoms with van der Waals surface area (Å²) in [6.07, 6.45) is 2.79. The van der Waals surface area contributed by atoms with E-state index in [0.717, 1.165) is 44.5 Å². The fourth-order valence-electron chi connectivity index (χ4n) is 3.37. The Kier molecular flexibility index (Phi) is 5.45. The van der Waals surface area contributed by atoms with Gasteiger partial charge in [-0.15, -0.1) is 0 Å². The van der Waals surface area contributed by atoms with Crippen LogP contribution in [-0.4, -0.2) is 29.6 Å². The van der Waals surface area contributed by atoms with Crippen LogP contribution in [0.2, 0.25) is 0 Å². The highest BCUT2D eigenvalue weighted by Crippen LogP contribution is 2.33. The third kappa shape index (κ3) is 4.55. The molecule has 2 nitrogen and oxygen atoms in total. The molecule has 1 N–H and O–H groups in total. The van der Waals surface area contributed by atoms with Gasteiger partial charge in [-0.25, -0.2) is 0 Å². The number of benzene rings is 1. The van der Waals surface area contributed by atoms with Crippen LogP contribution in [0.25, 0.3) is 0 Å². The van der Waals surface area contributed by atoms with Crippen LogP contribution in [0.15, 0.2) is 24.3 Å². The molecular formula is C19H31NO. The van der Waals surface area contributed by atoms with Gasteiger partial charge in [-0.2, -0.15) is 0 Å². The number of piperidine rings is 1. The summed E-state index contributed by atoms with van der Waals surface area (Å²) in [4.78, 5) is 2.48. The number of nitrogens with zero attached hydrogens (tertiary/aromatic N) is 1. The minimum Gasteiger partial charge on any atom is -0.385 e. The van der Waals surface area contributed by atoms with Gasteiger partial charge in [-0.1, -0.05) is 52.0 Å². The van der Waals surface area contributed by atoms with Gasteiger partial charge < -0.3 is 10.0 Å². The van der Waals surface area contributed by atoms with E-state index < -0.39 is 5.60 Å². The van der Waals surface area contributed by atoms with Gasteiger partial charge in [-0.3, -0.25) is 0 Å². The molecular weight excluding hydrogens is 258 g/mol. The predicted molar refractivity (Wildman–Crippen MR) is 89.4 cm³/mol. The van der Waals surface area contributed by atoms with Gasteiger partial charge in [0.05, 0.1) is 5.60 Å². The molecule has 1 aliphatic heterocycles. The van der Waals surface area contributed by atoms with Crippen molar-refractivity contribution in [1.82, 2.24) is 4.90 Å². The molecule has 0 saturated carbocycles. The van der Waals surface area contributed by atoms with Crippen LogP contribution in [0.3, 0.4) is 0 Å². The van der Waals surface area contributed by atoms with E-state index in [1.807, 2.05) is 0 Å². The van der Waals surface area contributed by atoms with E-state index >= 15 is 0 Å². The molecule has 1 heterocycles. The fraction of sp³-hybridized carbons (Fsp3) is 0.684. The summed E-state index contributed by atoms with van der Waals surface area (Å²) in [6.45, 7) is 12.2. The Balaban J connectivity index is 2.04. The highest BCUT2D eigenvalue weighted by atomic mass is 16.3. The first-order valence-electron chi connectivity index (χ1n) is 8.43. The topological polar surface area (TPSA) is 23.5 Å². The smallest absolute Gasteiger partial charge is 0.0921 e. The molecule has 0 spiro atoms. The number of hydrogen-bond acceptors (Lipinski definition) is 2. The third-order valence-electron chi connectivity index (χ3n) is 4.41. The second-order valence-corrected chi connectivity index (χ2v) is 7.52. The highest BCUT2D eigenvalue weighted by Gasteiger charge is 2.34. The van der Waals surface area contributed by atoms with Crippen LogP contribution >= 0.6 is 0 Å². The fourth-order valence-corrected chi connectivity index (χ4v) is 3.37. The molecule has 1 aliphatic rings. The molecule has 1 aromatic rings. The average molecular weight is 289 g/mol. The van der Waals surface area contributed by atoms with Crippen molar-refractivity contribution in [2.75, 3.05) is 19.6 Å². The second kappa shape index (κ2) is 6.93. The van der Waals surface area contributed by atoms with Gasteiger partial charge in [0.2, 0.25) is 0 Å². The van der Waals surface area contributed by atoms with E-state index in [-0.39, 0.29) is 0 Å². The first-order valence-corrected chi connectivity index (χ1v) is 8.43. The standard InChI is InChI=1S/C19H31NO/c1-15(2)12-17-6-5-7-18(13-17)19(21)8-10-20(11-9-19)14-16(3)4/h5-7,13,15-16,21H,8-12,14H2,1-4H3. The van der Waals surface area contributed by atoms with Crippen LogP contribution < -0.4 is 0 Å². The zero-order chi connectivity index (χ0) is 15.5. The molecule has 2 heteroatoms. The van der Waals surface area contributed by atoms with Crippen molar-refractivity contribution in [3.05, 3.63) is 35.4 Å². The molecule has 0 unspecified atom stereocenters. The number of likely N-dealkylation sites (tertiary alicyclic amines) is 1. The number of hydrogen-bond donors (Lipinski definition) is 1. The largest absolute Gasteiger partial charge is 0.385 e. The Morgan fingerprint density at radius 3 is 2.33 bits per heavy atom. The maximum atomic E-state index is 11.0. The summed E-state index contributed by atoms with van der Waals surface area (Å²) in [5, 5.41) is 11.0. The molecule has 0 amide bonds. The van der Waals surface area contributed by atoms with Gasteiger partial charge >= 0.3 is 0 Å². The van der Waals surface area contributed by atoms with Crippen LogP contribution in [0.1, 0.15) is 51.7 Å². The van der Waals surface area contributed by atoms with Crippen molar-refractivity contribution in [1.29, 1.82) is 0 Å². The summed E-state index contributed by atoms with van der Waals surface area (Å²) >= 11 is 0. The molecule has 1 fully saturated rings. The average Bonchev–Trinajstić information content (AvgIpc) is 2.41. The maximum Gasteiger partial charge on any atom is 0.0921 e. The maximum absolute atomic E-state index is 11.0. The van der Waals surface area contributed by atoms with Gasteiger partial charge in [0, 0.05) is 19.6 Å². The first kappa shape index (κ1) is 16.5. The molecule has 1 saturated heterocycles. The summed E-state index contributed by atoms with van der Waals surface area (Å²) < 4.78 is 0. The van der Waals surface area contributed by atoms with E-state index in [1.54, 1.807) is 0 Å². The highest BCUT2D eigenvalue weighted by molar-refractivity contribution is 5.29. The van der Waals surface area contributed by atoms with Crippen molar-refractivity contribution in [3.8, 4) is 0 Å². The summed E-state index contributed by atoms with van der Waals surface area (Å²) in [5.41, 5.74) is 1.84. The van der Waals surface area contributed by atoms with Crippen LogP contribution in [0, 0.1) is 11.8 Å². The van der Waals surface area contributed by atoms with E-state index in [9.17, 15) is 5.11 Å². The lowest BCUT2D eigenvalue weighted by Crippen LogP contribution is -2.43. The Morgan fingerprint density at radius 2 is 1.76 bits per heavy atom. The van der Waals surface area contributed by atoms with Gasteiger partial charge in [0.1, 0.15) is 0 Å². The van der Waals surface area contributed by atoms with E-state index in [1.165, 1.54) is 5.56 Å². The van der Waals surface area contributed by atoms with Crippen molar-refractivity contribution in [3.63, 3.8) is 0 Å². The van der Waals surface area contributed by atoms with Gasteiger partial charge in [0.25, 0.3) is 0 Å². The molecule has 2 rings (SSSR count). The Bertz CT molecular complexity index is 445. The van der Waals surface area contributed by atoms with Crippen LogP contribution in [0.5, 0.6) is 0 Å². The SMILES string of the molecule is CC(C)Cc1cccc(C2(O)CCN(CC(C)C)CC2)c1. The predicted octanol–water partition coefficient (Wildman–Crippen LogP) is 3.82.